The summed E-state index contributed by atoms with van der Waals surface area (Å²) >= 11 is 5.00. The summed E-state index contributed by atoms with van der Waals surface area (Å²) < 4.78 is 6.79. The molecule has 0 saturated heterocycles. The van der Waals surface area contributed by atoms with Gasteiger partial charge in [-0.2, -0.15) is 0 Å². The van der Waals surface area contributed by atoms with Crippen LogP contribution in [0.25, 0.3) is 0 Å². The molecule has 0 atom stereocenters. The van der Waals surface area contributed by atoms with Crippen LogP contribution in [0.1, 0.15) is 45.5 Å². The number of carbonyl (C=O) groups is 1. The van der Waals surface area contributed by atoms with Gasteiger partial charge in [-0.15, -0.1) is 11.3 Å². The van der Waals surface area contributed by atoms with E-state index in [9.17, 15) is 4.79 Å². The molecule has 152 valence electrons. The van der Waals surface area contributed by atoms with Gasteiger partial charge in [0.1, 0.15) is 17.4 Å². The molecule has 29 heavy (non-hydrogen) atoms. The van der Waals surface area contributed by atoms with Gasteiger partial charge in [0.05, 0.1) is 12.2 Å². The van der Waals surface area contributed by atoms with Crippen molar-refractivity contribution in [1.29, 1.82) is 0 Å². The molecule has 1 amide bonds. The van der Waals surface area contributed by atoms with E-state index in [1.54, 1.807) is 11.3 Å². The molecule has 1 heterocycles. The highest BCUT2D eigenvalue weighted by atomic mass is 79.9. The summed E-state index contributed by atoms with van der Waals surface area (Å²) in [6.07, 6.45) is 0.895. The molecule has 0 fully saturated rings. The van der Waals surface area contributed by atoms with Gasteiger partial charge in [0.15, 0.2) is 0 Å². The zero-order valence-corrected chi connectivity index (χ0v) is 19.3. The molecular formula is C23H25BrN2O2S. The Labute approximate surface area is 184 Å². The third-order valence-electron chi connectivity index (χ3n) is 4.65. The number of aryl methyl sites for hydroxylation is 2. The molecule has 4 nitrogen and oxygen atoms in total. The summed E-state index contributed by atoms with van der Waals surface area (Å²) in [5.41, 5.74) is 4.04. The van der Waals surface area contributed by atoms with Crippen molar-refractivity contribution in [2.75, 3.05) is 6.54 Å². The van der Waals surface area contributed by atoms with Crippen LogP contribution in [0.3, 0.4) is 0 Å². The maximum absolute atomic E-state index is 12.9. The number of nitrogens with zero attached hydrogens (tertiary/aromatic N) is 2. The topological polar surface area (TPSA) is 42.4 Å². The Bertz CT molecular complexity index is 987. The van der Waals surface area contributed by atoms with Crippen molar-refractivity contribution < 1.29 is 9.53 Å². The van der Waals surface area contributed by atoms with Crippen molar-refractivity contribution in [1.82, 2.24) is 9.88 Å². The zero-order chi connectivity index (χ0) is 20.8. The Hall–Kier alpha value is -2.18. The number of amides is 1. The molecule has 3 rings (SSSR count). The van der Waals surface area contributed by atoms with Gasteiger partial charge in [-0.3, -0.25) is 4.79 Å². The summed E-state index contributed by atoms with van der Waals surface area (Å²) in [6, 6.07) is 13.6. The van der Waals surface area contributed by atoms with Crippen molar-refractivity contribution in [3.05, 3.63) is 79.7 Å². The van der Waals surface area contributed by atoms with Crippen LogP contribution in [0.4, 0.5) is 0 Å². The highest BCUT2D eigenvalue weighted by molar-refractivity contribution is 9.10. The maximum Gasteiger partial charge on any atom is 0.254 e. The van der Waals surface area contributed by atoms with Gasteiger partial charge < -0.3 is 9.64 Å². The van der Waals surface area contributed by atoms with Crippen molar-refractivity contribution in [3.8, 4) is 5.75 Å². The lowest BCUT2D eigenvalue weighted by Crippen LogP contribution is -2.31. The molecule has 3 aromatic rings. The lowest BCUT2D eigenvalue weighted by atomic mass is 10.1. The van der Waals surface area contributed by atoms with Crippen LogP contribution in [0.5, 0.6) is 5.75 Å². The van der Waals surface area contributed by atoms with Gasteiger partial charge in [-0.05, 0) is 61.7 Å². The van der Waals surface area contributed by atoms with Crippen LogP contribution in [0, 0.1) is 13.8 Å². The Morgan fingerprint density at radius 2 is 2.00 bits per heavy atom. The Kier molecular flexibility index (Phi) is 7.45. The number of halogens is 1. The van der Waals surface area contributed by atoms with Gasteiger partial charge >= 0.3 is 0 Å². The van der Waals surface area contributed by atoms with Crippen LogP contribution in [-0.2, 0) is 13.2 Å². The molecule has 1 aromatic heterocycles. The third kappa shape index (κ3) is 5.90. The monoisotopic (exact) mass is 472 g/mol. The smallest absolute Gasteiger partial charge is 0.254 e. The van der Waals surface area contributed by atoms with E-state index in [1.165, 1.54) is 11.1 Å². The average molecular weight is 473 g/mol. The number of benzene rings is 2. The number of hydrogen-bond acceptors (Lipinski definition) is 4. The molecule has 0 spiro atoms. The first-order valence-corrected chi connectivity index (χ1v) is 11.3. The minimum absolute atomic E-state index is 0.0223. The van der Waals surface area contributed by atoms with E-state index in [1.807, 2.05) is 46.7 Å². The lowest BCUT2D eigenvalue weighted by Gasteiger charge is -2.21. The number of rotatable bonds is 8. The predicted octanol–water partition coefficient (Wildman–Crippen LogP) is 6.15. The molecule has 0 bridgehead atoms. The van der Waals surface area contributed by atoms with Crippen molar-refractivity contribution >= 4 is 33.2 Å². The Morgan fingerprint density at radius 1 is 1.17 bits per heavy atom. The van der Waals surface area contributed by atoms with Gasteiger partial charge in [0, 0.05) is 22.0 Å². The van der Waals surface area contributed by atoms with Crippen molar-refractivity contribution in [2.45, 2.75) is 40.3 Å². The fourth-order valence-corrected chi connectivity index (χ4v) is 4.05. The van der Waals surface area contributed by atoms with Gasteiger partial charge in [0.25, 0.3) is 5.91 Å². The van der Waals surface area contributed by atoms with E-state index in [0.717, 1.165) is 27.3 Å². The normalized spacial score (nSPS) is 10.8. The summed E-state index contributed by atoms with van der Waals surface area (Å²) in [4.78, 5) is 19.4. The standard InChI is InChI=1S/C23H25BrN2O2S/c1-4-10-26(23(27)18-6-5-7-19(24)12-18)13-20-15-29-22(25-20)14-28-21-9-8-16(2)17(3)11-21/h5-9,11-12,15H,4,10,13-14H2,1-3H3. The SMILES string of the molecule is CCCN(Cc1csc(COc2ccc(C)c(C)c2)n1)C(=O)c1cccc(Br)c1. The molecule has 0 unspecified atom stereocenters. The molecule has 0 aliphatic rings. The molecule has 0 aliphatic carbocycles. The number of ether oxygens (including phenoxy) is 1. The third-order valence-corrected chi connectivity index (χ3v) is 6.01. The molecule has 0 radical (unpaired) electrons. The van der Waals surface area contributed by atoms with E-state index in [0.29, 0.717) is 25.3 Å². The van der Waals surface area contributed by atoms with Gasteiger partial charge in [0.2, 0.25) is 0 Å². The Balaban J connectivity index is 1.64. The molecule has 0 N–H and O–H groups in total. The minimum atomic E-state index is 0.0223. The number of hydrogen-bond donors (Lipinski definition) is 0. The number of thiazole rings is 1. The van der Waals surface area contributed by atoms with Gasteiger partial charge in [-0.25, -0.2) is 4.98 Å². The van der Waals surface area contributed by atoms with Crippen molar-refractivity contribution in [2.24, 2.45) is 0 Å². The zero-order valence-electron chi connectivity index (χ0n) is 16.9. The van der Waals surface area contributed by atoms with E-state index >= 15 is 0 Å². The first kappa shape index (κ1) is 21.5. The average Bonchev–Trinajstić information content (AvgIpc) is 3.15. The number of carbonyl (C=O) groups excluding carboxylic acids is 1. The summed E-state index contributed by atoms with van der Waals surface area (Å²) in [5, 5.41) is 2.92. The lowest BCUT2D eigenvalue weighted by molar-refractivity contribution is 0.0741. The minimum Gasteiger partial charge on any atom is -0.486 e. The highest BCUT2D eigenvalue weighted by Gasteiger charge is 2.17. The van der Waals surface area contributed by atoms with E-state index in [2.05, 4.69) is 47.8 Å². The number of aromatic nitrogens is 1. The van der Waals surface area contributed by atoms with Crippen LogP contribution >= 0.6 is 27.3 Å². The van der Waals surface area contributed by atoms with Crippen LogP contribution in [-0.4, -0.2) is 22.3 Å². The second-order valence-corrected chi connectivity index (χ2v) is 8.86. The molecule has 6 heteroatoms. The fraction of sp³-hybridized carbons (Fsp3) is 0.304. The molecule has 0 saturated carbocycles. The first-order chi connectivity index (χ1) is 14.0. The second kappa shape index (κ2) is 10.0. The fourth-order valence-electron chi connectivity index (χ4n) is 2.96. The molecule has 0 aliphatic heterocycles. The van der Waals surface area contributed by atoms with E-state index < -0.39 is 0 Å². The van der Waals surface area contributed by atoms with E-state index in [-0.39, 0.29) is 5.91 Å². The predicted molar refractivity (Wildman–Crippen MR) is 122 cm³/mol. The second-order valence-electron chi connectivity index (χ2n) is 7.00. The summed E-state index contributed by atoms with van der Waals surface area (Å²) in [7, 11) is 0. The van der Waals surface area contributed by atoms with Crippen LogP contribution in [0.2, 0.25) is 0 Å². The largest absolute Gasteiger partial charge is 0.486 e. The Morgan fingerprint density at radius 3 is 2.72 bits per heavy atom. The van der Waals surface area contributed by atoms with E-state index in [4.69, 9.17) is 4.74 Å². The summed E-state index contributed by atoms with van der Waals surface area (Å²) in [5.74, 6) is 0.872. The van der Waals surface area contributed by atoms with Crippen molar-refractivity contribution in [3.63, 3.8) is 0 Å². The highest BCUT2D eigenvalue weighted by Crippen LogP contribution is 2.20. The molecule has 2 aromatic carbocycles. The first-order valence-electron chi connectivity index (χ1n) is 9.64. The van der Waals surface area contributed by atoms with Crippen LogP contribution in [0.15, 0.2) is 52.3 Å². The maximum atomic E-state index is 12.9. The molecular weight excluding hydrogens is 448 g/mol. The summed E-state index contributed by atoms with van der Waals surface area (Å²) in [6.45, 7) is 7.86. The quantitative estimate of drug-likeness (QED) is 0.394. The van der Waals surface area contributed by atoms with Gasteiger partial charge in [-0.1, -0.05) is 35.0 Å². The van der Waals surface area contributed by atoms with Crippen LogP contribution < -0.4 is 4.74 Å².